The van der Waals surface area contributed by atoms with Crippen LogP contribution in [0.5, 0.6) is 0 Å². The van der Waals surface area contributed by atoms with Crippen LogP contribution in [0.4, 0.5) is 5.69 Å². The maximum atomic E-state index is 12.4. The SMILES string of the molecule is COC(=O)c1ccc(Cl)c(NC(=O)CSc2nnc(C(C)NC(=O)c3ccc(Cl)cc3)n2C)c1. The predicted molar refractivity (Wildman–Crippen MR) is 130 cm³/mol. The molecule has 0 radical (unpaired) electrons. The molecule has 1 unspecified atom stereocenters. The van der Waals surface area contributed by atoms with Gasteiger partial charge in [0.15, 0.2) is 11.0 Å². The van der Waals surface area contributed by atoms with Crippen LogP contribution in [0.25, 0.3) is 0 Å². The number of carbonyl (C=O) groups is 3. The minimum atomic E-state index is -0.537. The summed E-state index contributed by atoms with van der Waals surface area (Å²) in [7, 11) is 3.02. The van der Waals surface area contributed by atoms with Crippen LogP contribution in [0.1, 0.15) is 39.5 Å². The van der Waals surface area contributed by atoms with Crippen LogP contribution < -0.4 is 10.6 Å². The summed E-state index contributed by atoms with van der Waals surface area (Å²) in [5.41, 5.74) is 1.04. The van der Waals surface area contributed by atoms with Gasteiger partial charge in [-0.2, -0.15) is 0 Å². The second-order valence-corrected chi connectivity index (χ2v) is 8.91. The summed E-state index contributed by atoms with van der Waals surface area (Å²) in [6.07, 6.45) is 0. The summed E-state index contributed by atoms with van der Waals surface area (Å²) in [6, 6.07) is 10.6. The third-order valence-electron chi connectivity index (χ3n) is 4.70. The number of anilines is 1. The number of hydrogen-bond acceptors (Lipinski definition) is 7. The van der Waals surface area contributed by atoms with Crippen LogP contribution in [-0.4, -0.2) is 45.4 Å². The lowest BCUT2D eigenvalue weighted by Crippen LogP contribution is -2.28. The van der Waals surface area contributed by atoms with Crippen LogP contribution >= 0.6 is 35.0 Å². The van der Waals surface area contributed by atoms with Gasteiger partial charge in [-0.15, -0.1) is 10.2 Å². The molecule has 0 aliphatic rings. The van der Waals surface area contributed by atoms with Crippen LogP contribution in [0.3, 0.4) is 0 Å². The number of halogens is 2. The molecule has 2 aromatic carbocycles. The first-order valence-corrected chi connectivity index (χ1v) is 11.7. The molecule has 178 valence electrons. The van der Waals surface area contributed by atoms with E-state index in [9.17, 15) is 14.4 Å². The van der Waals surface area contributed by atoms with Gasteiger partial charge in [-0.1, -0.05) is 35.0 Å². The van der Waals surface area contributed by atoms with Crippen molar-refractivity contribution in [3.05, 3.63) is 69.5 Å². The molecule has 1 aromatic heterocycles. The van der Waals surface area contributed by atoms with E-state index in [-0.39, 0.29) is 28.2 Å². The molecule has 0 aliphatic carbocycles. The van der Waals surface area contributed by atoms with Crippen molar-refractivity contribution in [1.82, 2.24) is 20.1 Å². The Kier molecular flexibility index (Phi) is 8.54. The van der Waals surface area contributed by atoms with Gasteiger partial charge in [0.05, 0.1) is 35.2 Å². The second-order valence-electron chi connectivity index (χ2n) is 7.12. The molecule has 2 N–H and O–H groups in total. The first kappa shape index (κ1) is 25.5. The van der Waals surface area contributed by atoms with Crippen molar-refractivity contribution >= 4 is 58.4 Å². The number of amides is 2. The Labute approximate surface area is 210 Å². The minimum Gasteiger partial charge on any atom is -0.465 e. The number of nitrogens with zero attached hydrogens (tertiary/aromatic N) is 3. The maximum absolute atomic E-state index is 12.4. The summed E-state index contributed by atoms with van der Waals surface area (Å²) < 4.78 is 6.39. The molecule has 34 heavy (non-hydrogen) atoms. The lowest BCUT2D eigenvalue weighted by atomic mass is 10.2. The van der Waals surface area contributed by atoms with Crippen molar-refractivity contribution in [3.63, 3.8) is 0 Å². The van der Waals surface area contributed by atoms with E-state index in [1.54, 1.807) is 42.8 Å². The Morgan fingerprint density at radius 3 is 2.44 bits per heavy atom. The largest absolute Gasteiger partial charge is 0.465 e. The zero-order valence-electron chi connectivity index (χ0n) is 18.5. The van der Waals surface area contributed by atoms with Gasteiger partial charge in [0.2, 0.25) is 5.91 Å². The van der Waals surface area contributed by atoms with Crippen LogP contribution in [0.15, 0.2) is 47.6 Å². The number of hydrogen-bond donors (Lipinski definition) is 2. The molecule has 0 saturated heterocycles. The Morgan fingerprint density at radius 1 is 1.09 bits per heavy atom. The quantitative estimate of drug-likeness (QED) is 0.338. The molecule has 0 spiro atoms. The molecule has 12 heteroatoms. The zero-order chi connectivity index (χ0) is 24.8. The van der Waals surface area contributed by atoms with E-state index in [0.29, 0.717) is 27.3 Å². The number of esters is 1. The normalized spacial score (nSPS) is 11.6. The Balaban J connectivity index is 1.60. The molecular formula is C22H21Cl2N5O4S. The van der Waals surface area contributed by atoms with E-state index in [1.165, 1.54) is 37.1 Å². The molecule has 1 atom stereocenters. The average molecular weight is 522 g/mol. The van der Waals surface area contributed by atoms with Gasteiger partial charge < -0.3 is 19.9 Å². The summed E-state index contributed by atoms with van der Waals surface area (Å²) in [6.45, 7) is 1.79. The monoisotopic (exact) mass is 521 g/mol. The van der Waals surface area contributed by atoms with Crippen molar-refractivity contribution in [2.75, 3.05) is 18.2 Å². The summed E-state index contributed by atoms with van der Waals surface area (Å²) in [4.78, 5) is 36.6. The molecule has 9 nitrogen and oxygen atoms in total. The maximum Gasteiger partial charge on any atom is 0.337 e. The summed E-state index contributed by atoms with van der Waals surface area (Å²) in [5, 5.41) is 15.1. The molecule has 1 heterocycles. The van der Waals surface area contributed by atoms with E-state index < -0.39 is 12.0 Å². The zero-order valence-corrected chi connectivity index (χ0v) is 20.8. The van der Waals surface area contributed by atoms with Crippen molar-refractivity contribution in [2.45, 2.75) is 18.1 Å². The number of methoxy groups -OCH3 is 1. The third kappa shape index (κ3) is 6.28. The van der Waals surface area contributed by atoms with Gasteiger partial charge in [-0.3, -0.25) is 9.59 Å². The number of aromatic nitrogens is 3. The van der Waals surface area contributed by atoms with Gasteiger partial charge in [0, 0.05) is 17.6 Å². The number of ether oxygens (including phenoxy) is 1. The van der Waals surface area contributed by atoms with E-state index in [1.807, 2.05) is 0 Å². The molecule has 0 bridgehead atoms. The van der Waals surface area contributed by atoms with Gasteiger partial charge in [-0.25, -0.2) is 4.79 Å². The first-order chi connectivity index (χ1) is 16.2. The lowest BCUT2D eigenvalue weighted by molar-refractivity contribution is -0.113. The van der Waals surface area contributed by atoms with Crippen molar-refractivity contribution < 1.29 is 19.1 Å². The first-order valence-electron chi connectivity index (χ1n) is 9.95. The Bertz CT molecular complexity index is 1220. The van der Waals surface area contributed by atoms with Crippen LogP contribution in [0, 0.1) is 0 Å². The minimum absolute atomic E-state index is 0.0241. The third-order valence-corrected chi connectivity index (χ3v) is 6.31. The molecule has 0 fully saturated rings. The fourth-order valence-corrected chi connectivity index (χ4v) is 3.97. The topological polar surface area (TPSA) is 115 Å². The highest BCUT2D eigenvalue weighted by atomic mass is 35.5. The summed E-state index contributed by atoms with van der Waals surface area (Å²) in [5.74, 6) is -0.602. The highest BCUT2D eigenvalue weighted by Gasteiger charge is 2.19. The fraction of sp³-hybridized carbons (Fsp3) is 0.227. The molecule has 0 saturated carbocycles. The van der Waals surface area contributed by atoms with E-state index >= 15 is 0 Å². The van der Waals surface area contributed by atoms with Crippen LogP contribution in [-0.2, 0) is 16.6 Å². The van der Waals surface area contributed by atoms with Gasteiger partial charge in [0.25, 0.3) is 5.91 Å². The van der Waals surface area contributed by atoms with Crippen molar-refractivity contribution in [2.24, 2.45) is 7.05 Å². The van der Waals surface area contributed by atoms with Crippen LogP contribution in [0.2, 0.25) is 10.0 Å². The Morgan fingerprint density at radius 2 is 1.76 bits per heavy atom. The second kappa shape index (κ2) is 11.4. The number of benzene rings is 2. The van der Waals surface area contributed by atoms with Crippen molar-refractivity contribution in [3.8, 4) is 0 Å². The fourth-order valence-electron chi connectivity index (χ4n) is 2.96. The van der Waals surface area contributed by atoms with Gasteiger partial charge in [0.1, 0.15) is 0 Å². The number of rotatable bonds is 8. The average Bonchev–Trinajstić information content (AvgIpc) is 3.19. The van der Waals surface area contributed by atoms with Crippen molar-refractivity contribution in [1.29, 1.82) is 0 Å². The Hall–Kier alpha value is -3.08. The smallest absolute Gasteiger partial charge is 0.337 e. The molecular weight excluding hydrogens is 501 g/mol. The number of thioether (sulfide) groups is 1. The van der Waals surface area contributed by atoms with E-state index in [0.717, 1.165) is 0 Å². The van der Waals surface area contributed by atoms with E-state index in [4.69, 9.17) is 23.2 Å². The molecule has 0 aliphatic heterocycles. The lowest BCUT2D eigenvalue weighted by Gasteiger charge is -2.13. The standard InChI is InChI=1S/C22H21Cl2N5O4S/c1-12(25-20(31)13-4-7-15(23)8-5-13)19-27-28-22(29(19)2)34-11-18(30)26-17-10-14(21(32)33-3)6-9-16(17)24/h4-10,12H,11H2,1-3H3,(H,25,31)(H,26,30). The predicted octanol–water partition coefficient (Wildman–Crippen LogP) is 4.13. The molecule has 3 rings (SSSR count). The molecule has 2 amide bonds. The van der Waals surface area contributed by atoms with Gasteiger partial charge in [-0.05, 0) is 49.4 Å². The molecule has 3 aromatic rings. The van der Waals surface area contributed by atoms with Gasteiger partial charge >= 0.3 is 5.97 Å². The highest BCUT2D eigenvalue weighted by Crippen LogP contribution is 2.25. The summed E-state index contributed by atoms with van der Waals surface area (Å²) >= 11 is 13.1. The van der Waals surface area contributed by atoms with E-state index in [2.05, 4.69) is 25.6 Å². The number of nitrogens with one attached hydrogen (secondary N) is 2. The highest BCUT2D eigenvalue weighted by molar-refractivity contribution is 7.99. The number of carbonyl (C=O) groups excluding carboxylic acids is 3.